The van der Waals surface area contributed by atoms with Crippen LogP contribution in [0.5, 0.6) is 11.5 Å². The third-order valence-corrected chi connectivity index (χ3v) is 5.76. The highest BCUT2D eigenvalue weighted by atomic mass is 19.1. The van der Waals surface area contributed by atoms with Gasteiger partial charge >= 0.3 is 12.1 Å². The molecular weight excluding hydrogens is 417 g/mol. The molecule has 2 N–H and O–H groups in total. The molecule has 2 aromatic rings. The molecule has 1 aliphatic heterocycles. The Labute approximate surface area is 184 Å². The molecule has 4 rings (SSSR count). The number of carbonyl (C=O) groups is 3. The lowest BCUT2D eigenvalue weighted by Gasteiger charge is -2.35. The van der Waals surface area contributed by atoms with E-state index in [9.17, 15) is 18.8 Å². The normalized spacial score (nSPS) is 22.5. The van der Waals surface area contributed by atoms with Crippen LogP contribution in [0.25, 0.3) is 0 Å². The topological polar surface area (TPSA) is 97.0 Å². The van der Waals surface area contributed by atoms with Gasteiger partial charge in [-0.1, -0.05) is 18.2 Å². The largest absolute Gasteiger partial charge is 0.492 e. The van der Waals surface area contributed by atoms with Gasteiger partial charge in [-0.05, 0) is 62.1 Å². The third-order valence-electron chi connectivity index (χ3n) is 5.76. The number of amides is 4. The van der Waals surface area contributed by atoms with Gasteiger partial charge in [0.25, 0.3) is 5.91 Å². The molecule has 8 nitrogen and oxygen atoms in total. The zero-order valence-corrected chi connectivity index (χ0v) is 17.4. The first kappa shape index (κ1) is 21.6. The Morgan fingerprint density at radius 1 is 1.06 bits per heavy atom. The predicted octanol–water partition coefficient (Wildman–Crippen LogP) is 3.23. The number of hydrogen-bond donors (Lipinski definition) is 2. The lowest BCUT2D eigenvalue weighted by molar-refractivity contribution is -0.132. The number of urea groups is 1. The molecule has 1 spiro atoms. The Bertz CT molecular complexity index is 975. The molecule has 168 valence electrons. The number of halogens is 1. The van der Waals surface area contributed by atoms with Gasteiger partial charge in [0.15, 0.2) is 0 Å². The average Bonchev–Trinajstić information content (AvgIpc) is 3.01. The lowest BCUT2D eigenvalue weighted by Crippen LogP contribution is -2.53. The van der Waals surface area contributed by atoms with Crippen molar-refractivity contribution in [1.29, 1.82) is 0 Å². The standard InChI is InChI=1S/C23H24FN3O5/c24-16-6-8-18(9-7-16)31-15-14-27-20(28)23(26-21(27)29)12-10-17(11-13-23)25-22(30)32-19-4-2-1-3-5-19/h1-9,17H,10-15H2,(H,25,30)(H,26,29). The Kier molecular flexibility index (Phi) is 6.25. The van der Waals surface area contributed by atoms with E-state index in [1.54, 1.807) is 24.3 Å². The molecule has 1 saturated heterocycles. The van der Waals surface area contributed by atoms with Gasteiger partial charge in [-0.2, -0.15) is 0 Å². The number of benzene rings is 2. The SMILES string of the molecule is O=C(NC1CCC2(CC1)NC(=O)N(CCOc1ccc(F)cc1)C2=O)Oc1ccccc1. The summed E-state index contributed by atoms with van der Waals surface area (Å²) in [6, 6.07) is 13.7. The van der Waals surface area contributed by atoms with Crippen molar-refractivity contribution in [3.63, 3.8) is 0 Å². The first-order valence-corrected chi connectivity index (χ1v) is 10.5. The van der Waals surface area contributed by atoms with Crippen molar-refractivity contribution in [2.75, 3.05) is 13.2 Å². The maximum absolute atomic E-state index is 13.0. The highest BCUT2D eigenvalue weighted by Crippen LogP contribution is 2.34. The molecule has 1 saturated carbocycles. The molecule has 0 unspecified atom stereocenters. The van der Waals surface area contributed by atoms with Crippen LogP contribution in [0.2, 0.25) is 0 Å². The first-order chi connectivity index (χ1) is 15.4. The van der Waals surface area contributed by atoms with Crippen molar-refractivity contribution in [2.45, 2.75) is 37.3 Å². The number of nitrogens with one attached hydrogen (secondary N) is 2. The van der Waals surface area contributed by atoms with Gasteiger partial charge < -0.3 is 20.1 Å². The molecule has 1 aliphatic carbocycles. The Hall–Kier alpha value is -3.62. The number of para-hydroxylation sites is 1. The number of rotatable bonds is 6. The van der Waals surface area contributed by atoms with Gasteiger partial charge in [-0.15, -0.1) is 0 Å². The van der Waals surface area contributed by atoms with Crippen LogP contribution < -0.4 is 20.1 Å². The van der Waals surface area contributed by atoms with Crippen molar-refractivity contribution in [3.8, 4) is 11.5 Å². The molecular formula is C23H24FN3O5. The number of ether oxygens (including phenoxy) is 2. The molecule has 2 aliphatic rings. The van der Waals surface area contributed by atoms with E-state index in [0.717, 1.165) is 4.90 Å². The van der Waals surface area contributed by atoms with Crippen LogP contribution >= 0.6 is 0 Å². The highest BCUT2D eigenvalue weighted by Gasteiger charge is 2.52. The summed E-state index contributed by atoms with van der Waals surface area (Å²) >= 11 is 0. The Balaban J connectivity index is 1.26. The molecule has 0 radical (unpaired) electrons. The number of nitrogens with zero attached hydrogens (tertiary/aromatic N) is 1. The molecule has 4 amide bonds. The Morgan fingerprint density at radius 2 is 1.75 bits per heavy atom. The minimum absolute atomic E-state index is 0.0921. The summed E-state index contributed by atoms with van der Waals surface area (Å²) < 4.78 is 23.7. The van der Waals surface area contributed by atoms with E-state index >= 15 is 0 Å². The van der Waals surface area contributed by atoms with E-state index < -0.39 is 17.7 Å². The van der Waals surface area contributed by atoms with Gasteiger partial charge in [-0.3, -0.25) is 9.69 Å². The fourth-order valence-corrected chi connectivity index (χ4v) is 4.05. The van der Waals surface area contributed by atoms with Crippen molar-refractivity contribution in [1.82, 2.24) is 15.5 Å². The van der Waals surface area contributed by atoms with Crippen LogP contribution in [0.1, 0.15) is 25.7 Å². The highest BCUT2D eigenvalue weighted by molar-refractivity contribution is 6.07. The van der Waals surface area contributed by atoms with Gasteiger partial charge in [0.1, 0.15) is 29.5 Å². The molecule has 2 aromatic carbocycles. The van der Waals surface area contributed by atoms with Crippen LogP contribution in [-0.2, 0) is 4.79 Å². The summed E-state index contributed by atoms with van der Waals surface area (Å²) in [6.45, 7) is 0.200. The summed E-state index contributed by atoms with van der Waals surface area (Å²) in [5, 5.41) is 5.65. The molecule has 0 bridgehead atoms. The van der Waals surface area contributed by atoms with Crippen LogP contribution in [0.15, 0.2) is 54.6 Å². The van der Waals surface area contributed by atoms with E-state index in [1.807, 2.05) is 6.07 Å². The lowest BCUT2D eigenvalue weighted by atomic mass is 9.79. The Morgan fingerprint density at radius 3 is 2.44 bits per heavy atom. The first-order valence-electron chi connectivity index (χ1n) is 10.5. The summed E-state index contributed by atoms with van der Waals surface area (Å²) in [4.78, 5) is 38.6. The van der Waals surface area contributed by atoms with Gasteiger partial charge in [0.05, 0.1) is 6.54 Å². The summed E-state index contributed by atoms with van der Waals surface area (Å²) in [5.74, 6) is 0.262. The summed E-state index contributed by atoms with van der Waals surface area (Å²) in [7, 11) is 0. The van der Waals surface area contributed by atoms with Crippen LogP contribution in [0, 0.1) is 5.82 Å². The minimum atomic E-state index is -0.950. The second kappa shape index (κ2) is 9.25. The number of imide groups is 1. The van der Waals surface area contributed by atoms with Gasteiger partial charge in [-0.25, -0.2) is 14.0 Å². The van der Waals surface area contributed by atoms with Crippen molar-refractivity contribution >= 4 is 18.0 Å². The maximum Gasteiger partial charge on any atom is 0.412 e. The smallest absolute Gasteiger partial charge is 0.412 e. The molecule has 9 heteroatoms. The number of hydrogen-bond acceptors (Lipinski definition) is 5. The van der Waals surface area contributed by atoms with Gasteiger partial charge in [0, 0.05) is 6.04 Å². The second-order valence-electron chi connectivity index (χ2n) is 7.89. The monoisotopic (exact) mass is 441 g/mol. The van der Waals surface area contributed by atoms with E-state index in [0.29, 0.717) is 37.2 Å². The van der Waals surface area contributed by atoms with E-state index in [4.69, 9.17) is 9.47 Å². The summed E-state index contributed by atoms with van der Waals surface area (Å²) in [6.07, 6.45) is 1.37. The zero-order chi connectivity index (χ0) is 22.6. The minimum Gasteiger partial charge on any atom is -0.492 e. The fourth-order valence-electron chi connectivity index (χ4n) is 4.05. The van der Waals surface area contributed by atoms with Crippen molar-refractivity contribution in [2.24, 2.45) is 0 Å². The molecule has 0 aromatic heterocycles. The average molecular weight is 441 g/mol. The summed E-state index contributed by atoms with van der Waals surface area (Å²) in [5.41, 5.74) is -0.950. The molecule has 2 fully saturated rings. The van der Waals surface area contributed by atoms with Crippen molar-refractivity contribution < 1.29 is 28.2 Å². The quantitative estimate of drug-likeness (QED) is 0.671. The van der Waals surface area contributed by atoms with E-state index in [1.165, 1.54) is 24.3 Å². The van der Waals surface area contributed by atoms with Gasteiger partial charge in [0.2, 0.25) is 0 Å². The molecule has 0 atom stereocenters. The second-order valence-corrected chi connectivity index (χ2v) is 7.89. The maximum atomic E-state index is 13.0. The molecule has 1 heterocycles. The predicted molar refractivity (Wildman–Crippen MR) is 113 cm³/mol. The number of carbonyl (C=O) groups excluding carboxylic acids is 3. The van der Waals surface area contributed by atoms with Crippen molar-refractivity contribution in [3.05, 3.63) is 60.4 Å². The van der Waals surface area contributed by atoms with E-state index in [2.05, 4.69) is 10.6 Å². The third kappa shape index (κ3) is 4.82. The fraction of sp³-hybridized carbons (Fsp3) is 0.348. The van der Waals surface area contributed by atoms with Crippen LogP contribution in [0.3, 0.4) is 0 Å². The van der Waals surface area contributed by atoms with Crippen LogP contribution in [0.4, 0.5) is 14.0 Å². The van der Waals surface area contributed by atoms with E-state index in [-0.39, 0.29) is 30.9 Å². The molecule has 32 heavy (non-hydrogen) atoms. The van der Waals surface area contributed by atoms with Crippen LogP contribution in [-0.4, -0.2) is 47.7 Å². The zero-order valence-electron chi connectivity index (χ0n) is 17.4.